The van der Waals surface area contributed by atoms with Crippen LogP contribution in [0.25, 0.3) is 11.0 Å². The standard InChI is InChI=1S/C26H24FN3O3/c1-32-23-12-6-7-13-24(23)33-15-14-29-22-11-5-3-9-20(22)28-26(29)18-16-25(31)30(17-18)21-10-4-2-8-19(21)27/h2-13,18H,14-17H2,1H3. The molecule has 5 rings (SSSR count). The number of aromatic nitrogens is 2. The zero-order chi connectivity index (χ0) is 22.8. The first-order valence-electron chi connectivity index (χ1n) is 10.9. The van der Waals surface area contributed by atoms with Gasteiger partial charge in [0.1, 0.15) is 18.2 Å². The van der Waals surface area contributed by atoms with E-state index in [1.54, 1.807) is 25.3 Å². The smallest absolute Gasteiger partial charge is 0.227 e. The number of hydrogen-bond acceptors (Lipinski definition) is 4. The molecule has 33 heavy (non-hydrogen) atoms. The molecule has 168 valence electrons. The molecule has 1 amide bonds. The number of methoxy groups -OCH3 is 1. The molecule has 7 heteroatoms. The summed E-state index contributed by atoms with van der Waals surface area (Å²) in [6.07, 6.45) is 0.283. The highest BCUT2D eigenvalue weighted by atomic mass is 19.1. The van der Waals surface area contributed by atoms with Gasteiger partial charge in [0, 0.05) is 18.9 Å². The van der Waals surface area contributed by atoms with E-state index in [9.17, 15) is 9.18 Å². The highest BCUT2D eigenvalue weighted by Gasteiger charge is 2.35. The molecule has 1 fully saturated rings. The van der Waals surface area contributed by atoms with Crippen molar-refractivity contribution in [3.8, 4) is 11.5 Å². The summed E-state index contributed by atoms with van der Waals surface area (Å²) in [6.45, 7) is 1.35. The molecule has 6 nitrogen and oxygen atoms in total. The van der Waals surface area contributed by atoms with Gasteiger partial charge in [-0.25, -0.2) is 9.37 Å². The predicted octanol–water partition coefficient (Wildman–Crippen LogP) is 4.78. The molecule has 3 aromatic carbocycles. The zero-order valence-electron chi connectivity index (χ0n) is 18.3. The maximum Gasteiger partial charge on any atom is 0.227 e. The average Bonchev–Trinajstić information content (AvgIpc) is 3.40. The van der Waals surface area contributed by atoms with Gasteiger partial charge in [0.05, 0.1) is 30.4 Å². The molecule has 1 aliphatic rings. The fourth-order valence-electron chi connectivity index (χ4n) is 4.41. The lowest BCUT2D eigenvalue weighted by Crippen LogP contribution is -2.25. The van der Waals surface area contributed by atoms with E-state index in [1.165, 1.54) is 11.0 Å². The van der Waals surface area contributed by atoms with Crippen LogP contribution in [0, 0.1) is 5.82 Å². The van der Waals surface area contributed by atoms with E-state index in [1.807, 2.05) is 48.5 Å². The van der Waals surface area contributed by atoms with Gasteiger partial charge in [0.15, 0.2) is 11.5 Å². The van der Waals surface area contributed by atoms with Crippen LogP contribution in [0.1, 0.15) is 18.2 Å². The van der Waals surface area contributed by atoms with Crippen LogP contribution in [0.15, 0.2) is 72.8 Å². The van der Waals surface area contributed by atoms with Crippen LogP contribution >= 0.6 is 0 Å². The molecule has 1 atom stereocenters. The Balaban J connectivity index is 1.41. The summed E-state index contributed by atoms with van der Waals surface area (Å²) in [6, 6.07) is 21.8. The first kappa shape index (κ1) is 21.0. The lowest BCUT2D eigenvalue weighted by molar-refractivity contribution is -0.117. The van der Waals surface area contributed by atoms with Crippen molar-refractivity contribution in [1.29, 1.82) is 0 Å². The first-order valence-corrected chi connectivity index (χ1v) is 10.9. The lowest BCUT2D eigenvalue weighted by Gasteiger charge is -2.18. The Kier molecular flexibility index (Phi) is 5.69. The molecule has 1 aromatic heterocycles. The molecular weight excluding hydrogens is 421 g/mol. The third-order valence-electron chi connectivity index (χ3n) is 5.96. The Hall–Kier alpha value is -3.87. The molecule has 1 saturated heterocycles. The summed E-state index contributed by atoms with van der Waals surface area (Å²) in [4.78, 5) is 19.2. The van der Waals surface area contributed by atoms with Gasteiger partial charge >= 0.3 is 0 Å². The predicted molar refractivity (Wildman–Crippen MR) is 124 cm³/mol. The number of fused-ring (bicyclic) bond motifs is 1. The molecule has 0 N–H and O–H groups in total. The number of ether oxygens (including phenoxy) is 2. The fourth-order valence-corrected chi connectivity index (χ4v) is 4.41. The second-order valence-corrected chi connectivity index (χ2v) is 7.97. The Morgan fingerprint density at radius 1 is 1.00 bits per heavy atom. The minimum absolute atomic E-state index is 0.103. The van der Waals surface area contributed by atoms with E-state index < -0.39 is 5.82 Å². The number of carbonyl (C=O) groups excluding carboxylic acids is 1. The molecule has 0 saturated carbocycles. The fraction of sp³-hybridized carbons (Fsp3) is 0.231. The number of halogens is 1. The number of rotatable bonds is 7. The number of benzene rings is 3. The minimum atomic E-state index is -0.398. The molecule has 0 aliphatic carbocycles. The Bertz CT molecular complexity index is 1300. The van der Waals surface area contributed by atoms with Crippen LogP contribution in [-0.2, 0) is 11.3 Å². The van der Waals surface area contributed by atoms with E-state index in [0.717, 1.165) is 16.9 Å². The van der Waals surface area contributed by atoms with Crippen molar-refractivity contribution >= 4 is 22.6 Å². The van der Waals surface area contributed by atoms with Crippen molar-refractivity contribution in [3.63, 3.8) is 0 Å². The lowest BCUT2D eigenvalue weighted by atomic mass is 10.1. The third-order valence-corrected chi connectivity index (χ3v) is 5.96. The highest BCUT2D eigenvalue weighted by molar-refractivity contribution is 5.96. The van der Waals surface area contributed by atoms with E-state index in [4.69, 9.17) is 14.5 Å². The molecule has 2 heterocycles. The van der Waals surface area contributed by atoms with Gasteiger partial charge in [-0.15, -0.1) is 0 Å². The zero-order valence-corrected chi connectivity index (χ0v) is 18.3. The van der Waals surface area contributed by atoms with Crippen molar-refractivity contribution in [3.05, 3.63) is 84.4 Å². The molecule has 1 unspecified atom stereocenters. The number of carbonyl (C=O) groups is 1. The van der Waals surface area contributed by atoms with Crippen molar-refractivity contribution in [2.75, 3.05) is 25.2 Å². The molecule has 4 aromatic rings. The molecular formula is C26H24FN3O3. The van der Waals surface area contributed by atoms with Crippen LogP contribution in [0.2, 0.25) is 0 Å². The van der Waals surface area contributed by atoms with Crippen molar-refractivity contribution in [2.24, 2.45) is 0 Å². The number of anilines is 1. The van der Waals surface area contributed by atoms with Crippen LogP contribution in [0.5, 0.6) is 11.5 Å². The van der Waals surface area contributed by atoms with Crippen molar-refractivity contribution in [1.82, 2.24) is 9.55 Å². The Labute approximate surface area is 191 Å². The van der Waals surface area contributed by atoms with Crippen LogP contribution in [0.3, 0.4) is 0 Å². The van der Waals surface area contributed by atoms with E-state index >= 15 is 0 Å². The topological polar surface area (TPSA) is 56.6 Å². The van der Waals surface area contributed by atoms with Gasteiger partial charge in [-0.1, -0.05) is 36.4 Å². The molecule has 0 bridgehead atoms. The Morgan fingerprint density at radius 2 is 1.73 bits per heavy atom. The number of hydrogen-bond donors (Lipinski definition) is 0. The van der Waals surface area contributed by atoms with E-state index in [-0.39, 0.29) is 18.2 Å². The van der Waals surface area contributed by atoms with Crippen LogP contribution < -0.4 is 14.4 Å². The molecule has 1 aliphatic heterocycles. The van der Waals surface area contributed by atoms with Gasteiger partial charge in [-0.2, -0.15) is 0 Å². The largest absolute Gasteiger partial charge is 0.493 e. The minimum Gasteiger partial charge on any atom is -0.493 e. The molecule has 0 radical (unpaired) electrons. The van der Waals surface area contributed by atoms with Gasteiger partial charge < -0.3 is 18.9 Å². The van der Waals surface area contributed by atoms with E-state index in [2.05, 4.69) is 4.57 Å². The Morgan fingerprint density at radius 3 is 2.55 bits per heavy atom. The van der Waals surface area contributed by atoms with E-state index in [0.29, 0.717) is 36.9 Å². The summed E-state index contributed by atoms with van der Waals surface area (Å²) in [7, 11) is 1.61. The second-order valence-electron chi connectivity index (χ2n) is 7.97. The molecule has 0 spiro atoms. The number of amides is 1. The summed E-state index contributed by atoms with van der Waals surface area (Å²) in [5.41, 5.74) is 2.15. The summed E-state index contributed by atoms with van der Waals surface area (Å²) < 4.78 is 27.8. The first-order chi connectivity index (χ1) is 16.2. The summed E-state index contributed by atoms with van der Waals surface area (Å²) >= 11 is 0. The van der Waals surface area contributed by atoms with Crippen LogP contribution in [-0.4, -0.2) is 35.7 Å². The average molecular weight is 445 g/mol. The SMILES string of the molecule is COc1ccccc1OCCn1c(C2CC(=O)N(c3ccccc3F)C2)nc2ccccc21. The third kappa shape index (κ3) is 4.02. The number of para-hydroxylation sites is 5. The number of nitrogens with zero attached hydrogens (tertiary/aromatic N) is 3. The van der Waals surface area contributed by atoms with Crippen molar-refractivity contribution < 1.29 is 18.7 Å². The maximum atomic E-state index is 14.3. The van der Waals surface area contributed by atoms with Gasteiger partial charge in [-0.3, -0.25) is 4.79 Å². The monoisotopic (exact) mass is 445 g/mol. The maximum absolute atomic E-state index is 14.3. The second kappa shape index (κ2) is 8.94. The van der Waals surface area contributed by atoms with Gasteiger partial charge in [0.2, 0.25) is 5.91 Å². The summed E-state index contributed by atoms with van der Waals surface area (Å²) in [5, 5.41) is 0. The van der Waals surface area contributed by atoms with Gasteiger partial charge in [-0.05, 0) is 36.4 Å². The normalized spacial score (nSPS) is 15.9. The quantitative estimate of drug-likeness (QED) is 0.411. The highest BCUT2D eigenvalue weighted by Crippen LogP contribution is 2.34. The van der Waals surface area contributed by atoms with Crippen molar-refractivity contribution in [2.45, 2.75) is 18.9 Å². The number of imidazole rings is 1. The summed E-state index contributed by atoms with van der Waals surface area (Å²) in [5.74, 6) is 1.52. The van der Waals surface area contributed by atoms with Gasteiger partial charge in [0.25, 0.3) is 0 Å². The van der Waals surface area contributed by atoms with Crippen LogP contribution in [0.4, 0.5) is 10.1 Å².